The van der Waals surface area contributed by atoms with Crippen molar-refractivity contribution in [2.24, 2.45) is 0 Å². The molecule has 0 aliphatic heterocycles. The molecule has 0 N–H and O–H groups in total. The fourth-order valence-corrected chi connectivity index (χ4v) is 1.20. The van der Waals surface area contributed by atoms with Gasteiger partial charge in [-0.2, -0.15) is 0 Å². The predicted octanol–water partition coefficient (Wildman–Crippen LogP) is 1.42. The Balaban J connectivity index is 2.57. The zero-order valence-corrected chi connectivity index (χ0v) is 10.2. The Kier molecular flexibility index (Phi) is 5.60. The minimum atomic E-state index is -0.736. The fraction of sp³-hybridized carbons (Fsp3) is 0.231. The first-order valence-corrected chi connectivity index (χ1v) is 5.21. The van der Waals surface area contributed by atoms with E-state index in [2.05, 4.69) is 9.47 Å². The standard InChI is InChI=1S/C13H14O5/c1-16-9-13(15)18-12(14)7-6-10-4-3-5-11(8-10)17-2/h3-8H,9H2,1-2H3. The average Bonchev–Trinajstić information content (AvgIpc) is 2.37. The van der Waals surface area contributed by atoms with Crippen LogP contribution >= 0.6 is 0 Å². The Labute approximate surface area is 105 Å². The van der Waals surface area contributed by atoms with Crippen molar-refractivity contribution in [1.82, 2.24) is 0 Å². The number of carbonyl (C=O) groups is 2. The van der Waals surface area contributed by atoms with E-state index in [9.17, 15) is 9.59 Å². The van der Waals surface area contributed by atoms with Gasteiger partial charge in [0, 0.05) is 13.2 Å². The molecule has 5 nitrogen and oxygen atoms in total. The van der Waals surface area contributed by atoms with Gasteiger partial charge in [-0.1, -0.05) is 12.1 Å². The quantitative estimate of drug-likeness (QED) is 0.449. The molecule has 0 spiro atoms. The second-order valence-corrected chi connectivity index (χ2v) is 3.34. The summed E-state index contributed by atoms with van der Waals surface area (Å²) in [5.74, 6) is -0.779. The van der Waals surface area contributed by atoms with Gasteiger partial charge in [0.25, 0.3) is 0 Å². The molecular weight excluding hydrogens is 236 g/mol. The van der Waals surface area contributed by atoms with Crippen LogP contribution in [0.4, 0.5) is 0 Å². The van der Waals surface area contributed by atoms with Gasteiger partial charge in [0.1, 0.15) is 12.4 Å². The van der Waals surface area contributed by atoms with Crippen LogP contribution in [0.15, 0.2) is 30.3 Å². The molecule has 0 atom stereocenters. The number of benzene rings is 1. The van der Waals surface area contributed by atoms with Gasteiger partial charge in [0.15, 0.2) is 0 Å². The summed E-state index contributed by atoms with van der Waals surface area (Å²) in [5, 5.41) is 0. The van der Waals surface area contributed by atoms with Gasteiger partial charge in [0.05, 0.1) is 7.11 Å². The van der Waals surface area contributed by atoms with Crippen LogP contribution in [0.1, 0.15) is 5.56 Å². The number of carbonyl (C=O) groups excluding carboxylic acids is 2. The molecule has 0 saturated carbocycles. The van der Waals surface area contributed by atoms with Crippen LogP contribution in [0.2, 0.25) is 0 Å². The molecule has 1 aromatic rings. The zero-order chi connectivity index (χ0) is 13.4. The lowest BCUT2D eigenvalue weighted by Gasteiger charge is -2.00. The third kappa shape index (κ3) is 4.80. The van der Waals surface area contributed by atoms with Gasteiger partial charge in [-0.05, 0) is 23.8 Å². The predicted molar refractivity (Wildman–Crippen MR) is 65.0 cm³/mol. The van der Waals surface area contributed by atoms with Crippen molar-refractivity contribution < 1.29 is 23.8 Å². The summed E-state index contributed by atoms with van der Waals surface area (Å²) >= 11 is 0. The molecule has 0 saturated heterocycles. The lowest BCUT2D eigenvalue weighted by atomic mass is 10.2. The summed E-state index contributed by atoms with van der Waals surface area (Å²) in [6.45, 7) is -0.251. The van der Waals surface area contributed by atoms with Crippen LogP contribution in [0.25, 0.3) is 6.08 Å². The van der Waals surface area contributed by atoms with Crippen LogP contribution in [-0.2, 0) is 19.1 Å². The van der Waals surface area contributed by atoms with E-state index < -0.39 is 11.9 Å². The molecule has 0 aliphatic carbocycles. The molecule has 1 rings (SSSR count). The van der Waals surface area contributed by atoms with Gasteiger partial charge < -0.3 is 14.2 Å². The van der Waals surface area contributed by atoms with Crippen molar-refractivity contribution in [1.29, 1.82) is 0 Å². The number of hydrogen-bond donors (Lipinski definition) is 0. The maximum absolute atomic E-state index is 11.2. The molecule has 0 amide bonds. The van der Waals surface area contributed by atoms with Gasteiger partial charge in [-0.25, -0.2) is 9.59 Å². The number of esters is 2. The topological polar surface area (TPSA) is 61.8 Å². The number of rotatable bonds is 5. The van der Waals surface area contributed by atoms with E-state index in [1.807, 2.05) is 0 Å². The lowest BCUT2D eigenvalue weighted by Crippen LogP contribution is -2.14. The van der Waals surface area contributed by atoms with Crippen molar-refractivity contribution in [3.63, 3.8) is 0 Å². The van der Waals surface area contributed by atoms with Crippen molar-refractivity contribution in [2.45, 2.75) is 0 Å². The maximum Gasteiger partial charge on any atom is 0.339 e. The molecular formula is C13H14O5. The molecule has 0 bridgehead atoms. The minimum Gasteiger partial charge on any atom is -0.497 e. The van der Waals surface area contributed by atoms with E-state index in [0.717, 1.165) is 5.56 Å². The zero-order valence-electron chi connectivity index (χ0n) is 10.2. The summed E-state index contributed by atoms with van der Waals surface area (Å²) in [6, 6.07) is 7.13. The second kappa shape index (κ2) is 7.24. The van der Waals surface area contributed by atoms with E-state index in [4.69, 9.17) is 4.74 Å². The highest BCUT2D eigenvalue weighted by molar-refractivity contribution is 5.95. The van der Waals surface area contributed by atoms with Crippen LogP contribution < -0.4 is 4.74 Å². The van der Waals surface area contributed by atoms with Gasteiger partial charge in [0.2, 0.25) is 0 Å². The van der Waals surface area contributed by atoms with Crippen LogP contribution in [-0.4, -0.2) is 32.8 Å². The van der Waals surface area contributed by atoms with Crippen molar-refractivity contribution >= 4 is 18.0 Å². The highest BCUT2D eigenvalue weighted by Gasteiger charge is 2.06. The first-order valence-electron chi connectivity index (χ1n) is 5.21. The highest BCUT2D eigenvalue weighted by atomic mass is 16.6. The smallest absolute Gasteiger partial charge is 0.339 e. The summed E-state index contributed by atoms with van der Waals surface area (Å²) in [6.07, 6.45) is 2.70. The summed E-state index contributed by atoms with van der Waals surface area (Å²) in [4.78, 5) is 22.2. The molecule has 0 unspecified atom stereocenters. The van der Waals surface area contributed by atoms with Crippen molar-refractivity contribution in [2.75, 3.05) is 20.8 Å². The Morgan fingerprint density at radius 3 is 2.72 bits per heavy atom. The first kappa shape index (κ1) is 13.9. The molecule has 5 heteroatoms. The van der Waals surface area contributed by atoms with E-state index in [1.54, 1.807) is 31.4 Å². The molecule has 18 heavy (non-hydrogen) atoms. The Hall–Kier alpha value is -2.14. The van der Waals surface area contributed by atoms with Gasteiger partial charge in [-0.3, -0.25) is 0 Å². The maximum atomic E-state index is 11.2. The fourth-order valence-electron chi connectivity index (χ4n) is 1.20. The summed E-state index contributed by atoms with van der Waals surface area (Å²) in [7, 11) is 2.90. The molecule has 0 radical (unpaired) electrons. The third-order valence-corrected chi connectivity index (χ3v) is 1.98. The van der Waals surface area contributed by atoms with E-state index in [1.165, 1.54) is 19.3 Å². The summed E-state index contributed by atoms with van der Waals surface area (Å²) in [5.41, 5.74) is 0.769. The monoisotopic (exact) mass is 250 g/mol. The number of ether oxygens (including phenoxy) is 3. The Morgan fingerprint density at radius 1 is 1.28 bits per heavy atom. The van der Waals surface area contributed by atoms with Crippen molar-refractivity contribution in [3.8, 4) is 5.75 Å². The summed E-state index contributed by atoms with van der Waals surface area (Å²) < 4.78 is 14.0. The SMILES string of the molecule is COCC(=O)OC(=O)C=Cc1cccc(OC)c1. The molecule has 0 fully saturated rings. The van der Waals surface area contributed by atoms with Gasteiger partial charge in [-0.15, -0.1) is 0 Å². The molecule has 0 heterocycles. The highest BCUT2D eigenvalue weighted by Crippen LogP contribution is 2.13. The Bertz CT molecular complexity index is 450. The Morgan fingerprint density at radius 2 is 2.06 bits per heavy atom. The van der Waals surface area contributed by atoms with Crippen LogP contribution in [0.3, 0.4) is 0 Å². The van der Waals surface area contributed by atoms with E-state index in [-0.39, 0.29) is 6.61 Å². The molecule has 0 aromatic heterocycles. The molecule has 1 aromatic carbocycles. The number of hydrogen-bond acceptors (Lipinski definition) is 5. The first-order chi connectivity index (χ1) is 8.65. The van der Waals surface area contributed by atoms with Crippen molar-refractivity contribution in [3.05, 3.63) is 35.9 Å². The molecule has 96 valence electrons. The molecule has 0 aliphatic rings. The minimum absolute atomic E-state index is 0.251. The van der Waals surface area contributed by atoms with Gasteiger partial charge >= 0.3 is 11.9 Å². The van der Waals surface area contributed by atoms with E-state index in [0.29, 0.717) is 5.75 Å². The van der Waals surface area contributed by atoms with E-state index >= 15 is 0 Å². The average molecular weight is 250 g/mol. The van der Waals surface area contributed by atoms with Crippen LogP contribution in [0, 0.1) is 0 Å². The number of methoxy groups -OCH3 is 2. The largest absolute Gasteiger partial charge is 0.497 e. The lowest BCUT2D eigenvalue weighted by molar-refractivity contribution is -0.158. The second-order valence-electron chi connectivity index (χ2n) is 3.34. The third-order valence-electron chi connectivity index (χ3n) is 1.98. The normalized spacial score (nSPS) is 10.3. The van der Waals surface area contributed by atoms with Crippen LogP contribution in [0.5, 0.6) is 5.75 Å².